The van der Waals surface area contributed by atoms with Crippen molar-refractivity contribution in [2.75, 3.05) is 6.54 Å². The second-order valence-corrected chi connectivity index (χ2v) is 5.52. The molecule has 0 spiro atoms. The summed E-state index contributed by atoms with van der Waals surface area (Å²) in [5, 5.41) is 3.44. The maximum Gasteiger partial charge on any atom is 0.159 e. The van der Waals surface area contributed by atoms with E-state index < -0.39 is 0 Å². The van der Waals surface area contributed by atoms with Crippen LogP contribution < -0.4 is 5.32 Å². The summed E-state index contributed by atoms with van der Waals surface area (Å²) in [5.74, 6) is 1.58. The molecule has 0 aromatic carbocycles. The van der Waals surface area contributed by atoms with Gasteiger partial charge in [-0.3, -0.25) is 4.98 Å². The van der Waals surface area contributed by atoms with Crippen molar-refractivity contribution in [3.63, 3.8) is 0 Å². The number of aromatic nitrogens is 3. The largest absolute Gasteiger partial charge is 0.465 e. The van der Waals surface area contributed by atoms with Crippen LogP contribution in [-0.4, -0.2) is 21.5 Å². The number of nitrogens with one attached hydrogen (secondary N) is 1. The minimum Gasteiger partial charge on any atom is -0.465 e. The molecule has 0 bridgehead atoms. The topological polar surface area (TPSA) is 63.8 Å². The first kappa shape index (κ1) is 16.1. The first-order valence-electron chi connectivity index (χ1n) is 7.91. The van der Waals surface area contributed by atoms with E-state index in [-0.39, 0.29) is 6.04 Å². The highest BCUT2D eigenvalue weighted by Gasteiger charge is 2.11. The summed E-state index contributed by atoms with van der Waals surface area (Å²) in [6, 6.07) is 7.79. The van der Waals surface area contributed by atoms with Gasteiger partial charge in [-0.2, -0.15) is 0 Å². The average molecular weight is 320 g/mol. The Bertz CT molecular complexity index is 797. The molecule has 3 aromatic rings. The van der Waals surface area contributed by atoms with Crippen molar-refractivity contribution in [3.05, 3.63) is 72.2 Å². The summed E-state index contributed by atoms with van der Waals surface area (Å²) >= 11 is 0. The van der Waals surface area contributed by atoms with E-state index in [2.05, 4.69) is 27.2 Å². The van der Waals surface area contributed by atoms with Crippen molar-refractivity contribution in [1.29, 1.82) is 0 Å². The van der Waals surface area contributed by atoms with Gasteiger partial charge in [0.25, 0.3) is 0 Å². The van der Waals surface area contributed by atoms with Crippen LogP contribution in [0.5, 0.6) is 0 Å². The number of furan rings is 1. The number of rotatable bonds is 6. The molecule has 122 valence electrons. The van der Waals surface area contributed by atoms with Crippen molar-refractivity contribution in [2.24, 2.45) is 0 Å². The predicted octanol–water partition coefficient (Wildman–Crippen LogP) is 3.80. The van der Waals surface area contributed by atoms with Gasteiger partial charge >= 0.3 is 0 Å². The van der Waals surface area contributed by atoms with Gasteiger partial charge < -0.3 is 9.73 Å². The molecule has 0 aliphatic rings. The summed E-state index contributed by atoms with van der Waals surface area (Å²) in [6.07, 6.45) is 11.0. The van der Waals surface area contributed by atoms with E-state index in [0.29, 0.717) is 0 Å². The van der Waals surface area contributed by atoms with Crippen LogP contribution in [-0.2, 0) is 0 Å². The summed E-state index contributed by atoms with van der Waals surface area (Å²) < 4.78 is 5.26. The van der Waals surface area contributed by atoms with Crippen LogP contribution in [0, 0.1) is 6.92 Å². The van der Waals surface area contributed by atoms with Crippen molar-refractivity contribution >= 4 is 6.08 Å². The second kappa shape index (κ2) is 7.66. The standard InChI is InChI=1S/C19H20N4O/c1-14(21-9-3-5-17-6-4-12-24-17)18-13-22-19(23-15(18)2)16-7-10-20-11-8-16/h3-8,10-14,21H,9H2,1-2H3. The molecule has 5 nitrogen and oxygen atoms in total. The fourth-order valence-electron chi connectivity index (χ4n) is 2.46. The third kappa shape index (κ3) is 3.94. The molecule has 0 aliphatic heterocycles. The average Bonchev–Trinajstić information content (AvgIpc) is 3.12. The van der Waals surface area contributed by atoms with Crippen LogP contribution in [0.4, 0.5) is 0 Å². The lowest BCUT2D eigenvalue weighted by Gasteiger charge is -2.15. The number of nitrogens with zero attached hydrogens (tertiary/aromatic N) is 3. The minimum atomic E-state index is 0.165. The Morgan fingerprint density at radius 2 is 2.08 bits per heavy atom. The molecule has 3 heterocycles. The van der Waals surface area contributed by atoms with Gasteiger partial charge in [0.2, 0.25) is 0 Å². The minimum absolute atomic E-state index is 0.165. The third-order valence-electron chi connectivity index (χ3n) is 3.79. The van der Waals surface area contributed by atoms with E-state index >= 15 is 0 Å². The molecule has 1 unspecified atom stereocenters. The van der Waals surface area contributed by atoms with Gasteiger partial charge in [0.05, 0.1) is 6.26 Å². The van der Waals surface area contributed by atoms with Crippen LogP contribution in [0.3, 0.4) is 0 Å². The van der Waals surface area contributed by atoms with Gasteiger partial charge in [-0.1, -0.05) is 6.08 Å². The van der Waals surface area contributed by atoms with Crippen molar-refractivity contribution in [3.8, 4) is 11.4 Å². The van der Waals surface area contributed by atoms with E-state index in [1.807, 2.05) is 49.5 Å². The quantitative estimate of drug-likeness (QED) is 0.748. The SMILES string of the molecule is Cc1nc(-c2ccncc2)ncc1C(C)NCC=Cc1ccco1. The first-order chi connectivity index (χ1) is 11.7. The summed E-state index contributed by atoms with van der Waals surface area (Å²) in [4.78, 5) is 13.1. The van der Waals surface area contributed by atoms with E-state index in [9.17, 15) is 0 Å². The number of hydrogen-bond donors (Lipinski definition) is 1. The molecule has 1 N–H and O–H groups in total. The molecule has 3 aromatic heterocycles. The monoisotopic (exact) mass is 320 g/mol. The van der Waals surface area contributed by atoms with E-state index in [1.165, 1.54) is 0 Å². The van der Waals surface area contributed by atoms with Crippen LogP contribution in [0.25, 0.3) is 17.5 Å². The zero-order valence-corrected chi connectivity index (χ0v) is 13.8. The van der Waals surface area contributed by atoms with Crippen LogP contribution in [0.15, 0.2) is 59.6 Å². The maximum absolute atomic E-state index is 5.26. The molecular formula is C19H20N4O. The third-order valence-corrected chi connectivity index (χ3v) is 3.79. The van der Waals surface area contributed by atoms with Crippen LogP contribution in [0.2, 0.25) is 0 Å². The molecule has 3 rings (SSSR count). The zero-order chi connectivity index (χ0) is 16.8. The highest BCUT2D eigenvalue weighted by molar-refractivity contribution is 5.53. The summed E-state index contributed by atoms with van der Waals surface area (Å²) in [5.41, 5.74) is 3.05. The Morgan fingerprint density at radius 1 is 1.25 bits per heavy atom. The number of aryl methyl sites for hydroxylation is 1. The Labute approximate surface area is 141 Å². The van der Waals surface area contributed by atoms with Gasteiger partial charge in [-0.15, -0.1) is 0 Å². The van der Waals surface area contributed by atoms with Crippen LogP contribution in [0.1, 0.15) is 30.0 Å². The van der Waals surface area contributed by atoms with Gasteiger partial charge in [0, 0.05) is 48.0 Å². The van der Waals surface area contributed by atoms with Gasteiger partial charge in [-0.05, 0) is 44.2 Å². The first-order valence-corrected chi connectivity index (χ1v) is 7.91. The lowest BCUT2D eigenvalue weighted by Crippen LogP contribution is -2.20. The van der Waals surface area contributed by atoms with Crippen molar-refractivity contribution in [2.45, 2.75) is 19.9 Å². The van der Waals surface area contributed by atoms with Gasteiger partial charge in [0.1, 0.15) is 5.76 Å². The molecule has 0 radical (unpaired) electrons. The Morgan fingerprint density at radius 3 is 2.79 bits per heavy atom. The molecule has 0 fully saturated rings. The molecular weight excluding hydrogens is 300 g/mol. The Hall–Kier alpha value is -2.79. The Balaban J connectivity index is 1.63. The fraction of sp³-hybridized carbons (Fsp3) is 0.211. The normalized spacial score (nSPS) is 12.6. The zero-order valence-electron chi connectivity index (χ0n) is 13.8. The maximum atomic E-state index is 5.26. The fourth-order valence-corrected chi connectivity index (χ4v) is 2.46. The number of hydrogen-bond acceptors (Lipinski definition) is 5. The van der Waals surface area contributed by atoms with E-state index in [0.717, 1.165) is 35.0 Å². The predicted molar refractivity (Wildman–Crippen MR) is 94.2 cm³/mol. The van der Waals surface area contributed by atoms with Crippen molar-refractivity contribution < 1.29 is 4.42 Å². The van der Waals surface area contributed by atoms with Crippen LogP contribution >= 0.6 is 0 Å². The lowest BCUT2D eigenvalue weighted by atomic mass is 10.1. The molecule has 24 heavy (non-hydrogen) atoms. The van der Waals surface area contributed by atoms with Crippen molar-refractivity contribution in [1.82, 2.24) is 20.3 Å². The Kier molecular flexibility index (Phi) is 5.13. The highest BCUT2D eigenvalue weighted by atomic mass is 16.3. The second-order valence-electron chi connectivity index (χ2n) is 5.52. The molecule has 0 aliphatic carbocycles. The van der Waals surface area contributed by atoms with Gasteiger partial charge in [-0.25, -0.2) is 9.97 Å². The smallest absolute Gasteiger partial charge is 0.159 e. The molecule has 5 heteroatoms. The highest BCUT2D eigenvalue weighted by Crippen LogP contribution is 2.19. The lowest BCUT2D eigenvalue weighted by molar-refractivity contribution is 0.556. The van der Waals surface area contributed by atoms with Gasteiger partial charge in [0.15, 0.2) is 5.82 Å². The molecule has 0 saturated carbocycles. The van der Waals surface area contributed by atoms with E-state index in [1.54, 1.807) is 18.7 Å². The number of pyridine rings is 1. The molecule has 0 saturated heterocycles. The molecule has 1 atom stereocenters. The summed E-state index contributed by atoms with van der Waals surface area (Å²) in [6.45, 7) is 4.87. The molecule has 0 amide bonds. The summed E-state index contributed by atoms with van der Waals surface area (Å²) in [7, 11) is 0. The van der Waals surface area contributed by atoms with E-state index in [4.69, 9.17) is 4.42 Å².